The molecule has 1 saturated heterocycles. The molecule has 1 rings (SSSR count). The average Bonchev–Trinajstić information content (AvgIpc) is 2.42. The molecule has 0 bridgehead atoms. The monoisotopic (exact) mass is 392 g/mol. The van der Waals surface area contributed by atoms with Crippen molar-refractivity contribution in [2.75, 3.05) is 51.4 Å². The summed E-state index contributed by atoms with van der Waals surface area (Å²) in [7, 11) is -3.00. The third kappa shape index (κ3) is 9.81. The molecule has 152 valence electrons. The summed E-state index contributed by atoms with van der Waals surface area (Å²) in [6, 6.07) is 0.117. The van der Waals surface area contributed by atoms with Gasteiger partial charge in [-0.05, 0) is 27.7 Å². The highest BCUT2D eigenvalue weighted by molar-refractivity contribution is 7.90. The van der Waals surface area contributed by atoms with Gasteiger partial charge in [-0.25, -0.2) is 13.2 Å². The third-order valence-electron chi connectivity index (χ3n) is 3.32. The fourth-order valence-corrected chi connectivity index (χ4v) is 2.51. The number of likely N-dealkylation sites (tertiary alicyclic amines) is 1. The van der Waals surface area contributed by atoms with Gasteiger partial charge < -0.3 is 25.0 Å². The van der Waals surface area contributed by atoms with Crippen LogP contribution in [0.15, 0.2) is 4.99 Å². The average molecular weight is 393 g/mol. The van der Waals surface area contributed by atoms with E-state index in [1.54, 1.807) is 4.90 Å². The highest BCUT2D eigenvalue weighted by atomic mass is 32.2. The number of carbonyl (C=O) groups is 1. The number of nitrogens with zero attached hydrogens (tertiary/aromatic N) is 2. The molecule has 0 saturated carbocycles. The summed E-state index contributed by atoms with van der Waals surface area (Å²) in [5.41, 5.74) is -0.497. The third-order valence-corrected chi connectivity index (χ3v) is 4.23. The van der Waals surface area contributed by atoms with Crippen LogP contribution in [-0.4, -0.2) is 88.4 Å². The maximum absolute atomic E-state index is 11.9. The van der Waals surface area contributed by atoms with Gasteiger partial charge in [-0.15, -0.1) is 0 Å². The van der Waals surface area contributed by atoms with Gasteiger partial charge in [0.1, 0.15) is 15.4 Å². The lowest BCUT2D eigenvalue weighted by Crippen LogP contribution is -2.63. The summed E-state index contributed by atoms with van der Waals surface area (Å²) in [5.74, 6) is 0.658. The van der Waals surface area contributed by atoms with Crippen molar-refractivity contribution in [3.05, 3.63) is 0 Å². The molecule has 1 aliphatic rings. The molecule has 1 aliphatic heterocycles. The first kappa shape index (κ1) is 22.5. The Morgan fingerprint density at radius 2 is 1.92 bits per heavy atom. The number of nitrogens with one attached hydrogen (secondary N) is 2. The zero-order valence-electron chi connectivity index (χ0n) is 16.4. The van der Waals surface area contributed by atoms with Crippen LogP contribution >= 0.6 is 0 Å². The van der Waals surface area contributed by atoms with Crippen LogP contribution in [0, 0.1) is 0 Å². The predicted octanol–water partition coefficient (Wildman–Crippen LogP) is 0.222. The van der Waals surface area contributed by atoms with Gasteiger partial charge in [0, 0.05) is 25.9 Å². The number of ether oxygens (including phenoxy) is 2. The van der Waals surface area contributed by atoms with E-state index >= 15 is 0 Å². The van der Waals surface area contributed by atoms with Gasteiger partial charge >= 0.3 is 6.09 Å². The molecule has 0 spiro atoms. The van der Waals surface area contributed by atoms with E-state index in [0.29, 0.717) is 38.7 Å². The molecule has 10 heteroatoms. The molecule has 0 aromatic carbocycles. The molecule has 0 unspecified atom stereocenters. The molecule has 9 nitrogen and oxygen atoms in total. The van der Waals surface area contributed by atoms with Gasteiger partial charge in [0.05, 0.1) is 31.6 Å². The molecular weight excluding hydrogens is 360 g/mol. The fraction of sp³-hybridized carbons (Fsp3) is 0.875. The minimum atomic E-state index is -3.00. The van der Waals surface area contributed by atoms with Gasteiger partial charge in [-0.3, -0.25) is 4.99 Å². The molecule has 1 heterocycles. The first-order valence-corrected chi connectivity index (χ1v) is 10.8. The number of aliphatic imine (C=N–C) groups is 1. The van der Waals surface area contributed by atoms with E-state index in [-0.39, 0.29) is 24.5 Å². The Labute approximate surface area is 156 Å². The highest BCUT2D eigenvalue weighted by Crippen LogP contribution is 2.15. The zero-order chi connectivity index (χ0) is 19.8. The van der Waals surface area contributed by atoms with E-state index in [4.69, 9.17) is 9.47 Å². The minimum absolute atomic E-state index is 0.0115. The maximum atomic E-state index is 11.9. The molecule has 0 radical (unpaired) electrons. The Morgan fingerprint density at radius 1 is 1.27 bits per heavy atom. The van der Waals surface area contributed by atoms with Crippen molar-refractivity contribution in [2.24, 2.45) is 4.99 Å². The molecule has 1 amide bonds. The topological polar surface area (TPSA) is 109 Å². The number of amides is 1. The molecule has 0 aliphatic carbocycles. The van der Waals surface area contributed by atoms with Gasteiger partial charge in [0.25, 0.3) is 0 Å². The first-order valence-electron chi connectivity index (χ1n) is 8.78. The van der Waals surface area contributed by atoms with Crippen LogP contribution < -0.4 is 10.6 Å². The van der Waals surface area contributed by atoms with E-state index in [0.717, 1.165) is 0 Å². The lowest BCUT2D eigenvalue weighted by atomic mass is 10.1. The van der Waals surface area contributed by atoms with Gasteiger partial charge in [0.2, 0.25) is 0 Å². The van der Waals surface area contributed by atoms with E-state index in [1.165, 1.54) is 6.26 Å². The molecule has 0 aromatic rings. The molecule has 0 atom stereocenters. The number of hydrogen-bond acceptors (Lipinski definition) is 6. The number of guanidine groups is 1. The van der Waals surface area contributed by atoms with Gasteiger partial charge in [-0.2, -0.15) is 0 Å². The highest BCUT2D eigenvalue weighted by Gasteiger charge is 2.34. The summed E-state index contributed by atoms with van der Waals surface area (Å²) in [4.78, 5) is 17.9. The van der Waals surface area contributed by atoms with E-state index in [1.807, 2.05) is 27.7 Å². The smallest absolute Gasteiger partial charge is 0.410 e. The number of rotatable bonds is 8. The van der Waals surface area contributed by atoms with Crippen LogP contribution in [0.5, 0.6) is 0 Å². The van der Waals surface area contributed by atoms with Crippen molar-refractivity contribution in [1.29, 1.82) is 0 Å². The minimum Gasteiger partial charge on any atom is -0.444 e. The predicted molar refractivity (Wildman–Crippen MR) is 101 cm³/mol. The van der Waals surface area contributed by atoms with Crippen LogP contribution in [0.2, 0.25) is 0 Å². The second-order valence-corrected chi connectivity index (χ2v) is 9.49. The van der Waals surface area contributed by atoms with E-state index in [2.05, 4.69) is 15.6 Å². The van der Waals surface area contributed by atoms with Crippen LogP contribution in [-0.2, 0) is 19.3 Å². The Morgan fingerprint density at radius 3 is 2.46 bits per heavy atom. The number of carbonyl (C=O) groups excluding carboxylic acids is 1. The second-order valence-electron chi connectivity index (χ2n) is 7.23. The van der Waals surface area contributed by atoms with Crippen molar-refractivity contribution < 1.29 is 22.7 Å². The summed E-state index contributed by atoms with van der Waals surface area (Å²) in [5, 5.41) is 6.39. The SMILES string of the molecule is CCNC(=NCCOCCS(C)(=O)=O)NC1CN(C(=O)OC(C)(C)C)C1. The van der Waals surface area contributed by atoms with Crippen LogP contribution in [0.1, 0.15) is 27.7 Å². The van der Waals surface area contributed by atoms with Crippen LogP contribution in [0.3, 0.4) is 0 Å². The molecule has 0 aromatic heterocycles. The van der Waals surface area contributed by atoms with E-state index < -0.39 is 15.4 Å². The zero-order valence-corrected chi connectivity index (χ0v) is 17.2. The molecule has 1 fully saturated rings. The van der Waals surface area contributed by atoms with Crippen molar-refractivity contribution in [2.45, 2.75) is 39.3 Å². The normalized spacial score (nSPS) is 16.2. The number of hydrogen-bond donors (Lipinski definition) is 2. The van der Waals surface area contributed by atoms with Crippen molar-refractivity contribution in [1.82, 2.24) is 15.5 Å². The first-order chi connectivity index (χ1) is 12.0. The lowest BCUT2D eigenvalue weighted by Gasteiger charge is -2.40. The largest absolute Gasteiger partial charge is 0.444 e. The number of sulfone groups is 1. The summed E-state index contributed by atoms with van der Waals surface area (Å²) < 4.78 is 32.6. The van der Waals surface area contributed by atoms with Crippen molar-refractivity contribution in [3.63, 3.8) is 0 Å². The van der Waals surface area contributed by atoms with Gasteiger partial charge in [-0.1, -0.05) is 0 Å². The quantitative estimate of drug-likeness (QED) is 0.345. The molecule has 2 N–H and O–H groups in total. The maximum Gasteiger partial charge on any atom is 0.410 e. The fourth-order valence-electron chi connectivity index (χ4n) is 2.09. The second kappa shape index (κ2) is 9.96. The Bertz CT molecular complexity index is 580. The summed E-state index contributed by atoms with van der Waals surface area (Å²) in [6.07, 6.45) is 0.873. The van der Waals surface area contributed by atoms with Gasteiger partial charge in [0.15, 0.2) is 5.96 Å². The summed E-state index contributed by atoms with van der Waals surface area (Å²) >= 11 is 0. The Hall–Kier alpha value is -1.55. The molecule has 26 heavy (non-hydrogen) atoms. The van der Waals surface area contributed by atoms with Crippen LogP contribution in [0.25, 0.3) is 0 Å². The Kier molecular flexibility index (Phi) is 8.61. The van der Waals surface area contributed by atoms with E-state index in [9.17, 15) is 13.2 Å². The summed E-state index contributed by atoms with van der Waals surface area (Å²) in [6.45, 7) is 10.3. The van der Waals surface area contributed by atoms with Crippen molar-refractivity contribution >= 4 is 21.9 Å². The van der Waals surface area contributed by atoms with Crippen molar-refractivity contribution in [3.8, 4) is 0 Å². The Balaban J connectivity index is 2.30. The lowest BCUT2D eigenvalue weighted by molar-refractivity contribution is 0.00700. The van der Waals surface area contributed by atoms with Crippen LogP contribution in [0.4, 0.5) is 4.79 Å². The standard InChI is InChI=1S/C16H32N4O5S/c1-6-17-14(18-7-8-24-9-10-26(5,22)23)19-13-11-20(12-13)15(21)25-16(2,3)4/h13H,6-12H2,1-5H3,(H2,17,18,19). The molecular formula is C16H32N4O5S.